The van der Waals surface area contributed by atoms with Gasteiger partial charge >= 0.3 is 6.09 Å². The summed E-state index contributed by atoms with van der Waals surface area (Å²) in [6.45, 7) is 3.89. The van der Waals surface area contributed by atoms with Gasteiger partial charge in [-0.25, -0.2) is 18.6 Å². The number of fused-ring (bicyclic) bond motifs is 3. The van der Waals surface area contributed by atoms with Gasteiger partial charge < -0.3 is 14.6 Å². The Morgan fingerprint density at radius 1 is 1.32 bits per heavy atom. The standard InChI is InChI=1S/C23H22F2N4O2/c1-13(2)31-23(30)28-16-9-18-17-8-14(11-26)6-7-20(17)29(21(18)10-16)12-15-4-3-5-19(27-15)22(24)25/h3-8,13,16,22H,9-10,12H2,1-2H3,(H,28,30). The molecule has 1 aliphatic carbocycles. The molecule has 1 amide bonds. The smallest absolute Gasteiger partial charge is 0.407 e. The van der Waals surface area contributed by atoms with Crippen LogP contribution in [0.2, 0.25) is 0 Å². The number of carbonyl (C=O) groups is 1. The number of ether oxygens (including phenoxy) is 1. The van der Waals surface area contributed by atoms with Crippen LogP contribution in [0.25, 0.3) is 10.9 Å². The van der Waals surface area contributed by atoms with E-state index in [-0.39, 0.29) is 17.8 Å². The lowest BCUT2D eigenvalue weighted by Crippen LogP contribution is -2.37. The van der Waals surface area contributed by atoms with Crippen molar-refractivity contribution in [3.05, 3.63) is 64.6 Å². The van der Waals surface area contributed by atoms with Crippen molar-refractivity contribution in [2.45, 2.75) is 51.8 Å². The molecule has 31 heavy (non-hydrogen) atoms. The van der Waals surface area contributed by atoms with E-state index in [1.54, 1.807) is 32.0 Å². The maximum atomic E-state index is 13.1. The highest BCUT2D eigenvalue weighted by atomic mass is 19.3. The van der Waals surface area contributed by atoms with Gasteiger partial charge in [0.15, 0.2) is 0 Å². The van der Waals surface area contributed by atoms with Crippen LogP contribution in [-0.4, -0.2) is 27.8 Å². The third kappa shape index (κ3) is 4.22. The van der Waals surface area contributed by atoms with E-state index in [1.165, 1.54) is 6.07 Å². The normalized spacial score (nSPS) is 15.3. The Kier molecular flexibility index (Phi) is 5.59. The van der Waals surface area contributed by atoms with Gasteiger partial charge in [0.25, 0.3) is 6.43 Å². The summed E-state index contributed by atoms with van der Waals surface area (Å²) in [5, 5.41) is 13.1. The van der Waals surface area contributed by atoms with Gasteiger partial charge in [-0.1, -0.05) is 6.07 Å². The molecule has 1 unspecified atom stereocenters. The van der Waals surface area contributed by atoms with E-state index in [1.807, 2.05) is 16.7 Å². The molecule has 0 saturated heterocycles. The number of hydrogen-bond donors (Lipinski definition) is 1. The van der Waals surface area contributed by atoms with Crippen LogP contribution in [0.15, 0.2) is 36.4 Å². The van der Waals surface area contributed by atoms with Crippen LogP contribution in [-0.2, 0) is 24.1 Å². The largest absolute Gasteiger partial charge is 0.447 e. The van der Waals surface area contributed by atoms with Crippen molar-refractivity contribution < 1.29 is 18.3 Å². The van der Waals surface area contributed by atoms with Gasteiger partial charge in [-0.2, -0.15) is 5.26 Å². The average Bonchev–Trinajstić information content (AvgIpc) is 3.25. The van der Waals surface area contributed by atoms with Gasteiger partial charge in [0, 0.05) is 29.1 Å². The number of rotatable bonds is 5. The summed E-state index contributed by atoms with van der Waals surface area (Å²) in [6, 6.07) is 12.1. The van der Waals surface area contributed by atoms with Gasteiger partial charge in [0.2, 0.25) is 0 Å². The van der Waals surface area contributed by atoms with E-state index in [0.29, 0.717) is 30.6 Å². The maximum Gasteiger partial charge on any atom is 0.407 e. The van der Waals surface area contributed by atoms with Gasteiger partial charge in [0.1, 0.15) is 5.69 Å². The molecule has 2 aromatic heterocycles. The predicted molar refractivity (Wildman–Crippen MR) is 111 cm³/mol. The minimum atomic E-state index is -2.63. The molecule has 8 heteroatoms. The van der Waals surface area contributed by atoms with Gasteiger partial charge in [0.05, 0.1) is 30.0 Å². The molecule has 160 valence electrons. The van der Waals surface area contributed by atoms with Crippen molar-refractivity contribution in [2.75, 3.05) is 0 Å². The number of alkyl carbamates (subject to hydrolysis) is 1. The van der Waals surface area contributed by atoms with Crippen molar-refractivity contribution in [3.63, 3.8) is 0 Å². The fraction of sp³-hybridized carbons (Fsp3) is 0.348. The first kappa shape index (κ1) is 20.8. The second kappa shape index (κ2) is 8.34. The molecule has 1 N–H and O–H groups in total. The first-order valence-electron chi connectivity index (χ1n) is 10.1. The van der Waals surface area contributed by atoms with Crippen molar-refractivity contribution in [1.82, 2.24) is 14.9 Å². The lowest BCUT2D eigenvalue weighted by atomic mass is 10.1. The van der Waals surface area contributed by atoms with E-state index in [4.69, 9.17) is 4.74 Å². The zero-order chi connectivity index (χ0) is 22.1. The summed E-state index contributed by atoms with van der Waals surface area (Å²) in [4.78, 5) is 16.2. The quantitative estimate of drug-likeness (QED) is 0.654. The van der Waals surface area contributed by atoms with Gasteiger partial charge in [-0.05, 0) is 56.2 Å². The highest BCUT2D eigenvalue weighted by molar-refractivity contribution is 5.88. The Labute approximate surface area is 178 Å². The fourth-order valence-corrected chi connectivity index (χ4v) is 4.13. The van der Waals surface area contributed by atoms with E-state index in [2.05, 4.69) is 16.4 Å². The van der Waals surface area contributed by atoms with Crippen LogP contribution in [0.3, 0.4) is 0 Å². The molecular formula is C23H22F2N4O2. The van der Waals surface area contributed by atoms with Gasteiger partial charge in [-0.3, -0.25) is 0 Å². The molecule has 1 aromatic carbocycles. The van der Waals surface area contributed by atoms with Crippen molar-refractivity contribution in [3.8, 4) is 6.07 Å². The number of halogens is 2. The fourth-order valence-electron chi connectivity index (χ4n) is 4.13. The summed E-state index contributed by atoms with van der Waals surface area (Å²) in [5.41, 5.74) is 3.78. The number of nitriles is 1. The minimum absolute atomic E-state index is 0.141. The lowest BCUT2D eigenvalue weighted by molar-refractivity contribution is 0.112. The topological polar surface area (TPSA) is 79.9 Å². The number of carbonyl (C=O) groups excluding carboxylic acids is 1. The number of hydrogen-bond acceptors (Lipinski definition) is 4. The van der Waals surface area contributed by atoms with Crippen molar-refractivity contribution >= 4 is 17.0 Å². The molecule has 1 aliphatic rings. The number of amides is 1. The second-order valence-electron chi connectivity index (χ2n) is 7.91. The molecule has 6 nitrogen and oxygen atoms in total. The summed E-state index contributed by atoms with van der Waals surface area (Å²) in [5.74, 6) is 0. The zero-order valence-electron chi connectivity index (χ0n) is 17.2. The molecule has 0 bridgehead atoms. The van der Waals surface area contributed by atoms with Crippen molar-refractivity contribution in [2.24, 2.45) is 0 Å². The first-order chi connectivity index (χ1) is 14.9. The van der Waals surface area contributed by atoms with E-state index in [0.717, 1.165) is 22.2 Å². The number of pyridine rings is 1. The molecule has 0 spiro atoms. The molecule has 0 saturated carbocycles. The molecule has 0 radical (unpaired) electrons. The number of aromatic nitrogens is 2. The number of alkyl halides is 2. The highest BCUT2D eigenvalue weighted by Gasteiger charge is 2.30. The van der Waals surface area contributed by atoms with E-state index < -0.39 is 12.5 Å². The molecule has 0 fully saturated rings. The lowest BCUT2D eigenvalue weighted by Gasteiger charge is -2.16. The Hall–Kier alpha value is -3.47. The van der Waals surface area contributed by atoms with Crippen molar-refractivity contribution in [1.29, 1.82) is 5.26 Å². The molecule has 4 rings (SSSR count). The maximum absolute atomic E-state index is 13.1. The SMILES string of the molecule is CC(C)OC(=O)NC1Cc2c(n(Cc3cccc(C(F)F)n3)c3ccc(C#N)cc23)C1. The molecule has 3 aromatic rings. The second-order valence-corrected chi connectivity index (χ2v) is 7.91. The van der Waals surface area contributed by atoms with Crippen LogP contribution < -0.4 is 5.32 Å². The summed E-state index contributed by atoms with van der Waals surface area (Å²) in [6.07, 6.45) is -2.14. The summed E-state index contributed by atoms with van der Waals surface area (Å²) < 4.78 is 33.4. The van der Waals surface area contributed by atoms with E-state index >= 15 is 0 Å². The average molecular weight is 424 g/mol. The molecule has 0 aliphatic heterocycles. The predicted octanol–water partition coefficient (Wildman–Crippen LogP) is 4.50. The first-order valence-corrected chi connectivity index (χ1v) is 10.1. The minimum Gasteiger partial charge on any atom is -0.447 e. The van der Waals surface area contributed by atoms with Crippen LogP contribution in [0.5, 0.6) is 0 Å². The van der Waals surface area contributed by atoms with Gasteiger partial charge in [-0.15, -0.1) is 0 Å². The van der Waals surface area contributed by atoms with Crippen LogP contribution in [0.1, 0.15) is 48.5 Å². The summed E-state index contributed by atoms with van der Waals surface area (Å²) >= 11 is 0. The summed E-state index contributed by atoms with van der Waals surface area (Å²) in [7, 11) is 0. The highest BCUT2D eigenvalue weighted by Crippen LogP contribution is 2.34. The third-order valence-electron chi connectivity index (χ3n) is 5.34. The number of benzene rings is 1. The van der Waals surface area contributed by atoms with E-state index in [9.17, 15) is 18.8 Å². The molecular weight excluding hydrogens is 402 g/mol. The Morgan fingerprint density at radius 2 is 2.13 bits per heavy atom. The molecule has 1 atom stereocenters. The Balaban J connectivity index is 1.70. The van der Waals surface area contributed by atoms with Crippen LogP contribution >= 0.6 is 0 Å². The van der Waals surface area contributed by atoms with Crippen LogP contribution in [0.4, 0.5) is 13.6 Å². The third-order valence-corrected chi connectivity index (χ3v) is 5.34. The Bertz CT molecular complexity index is 1180. The number of nitrogens with zero attached hydrogens (tertiary/aromatic N) is 3. The zero-order valence-corrected chi connectivity index (χ0v) is 17.2. The molecule has 2 heterocycles. The monoisotopic (exact) mass is 424 g/mol. The Morgan fingerprint density at radius 3 is 2.84 bits per heavy atom. The van der Waals surface area contributed by atoms with Crippen LogP contribution in [0, 0.1) is 11.3 Å². The number of nitrogens with one attached hydrogen (secondary N) is 1.